The number of carbonyl (C=O) groups is 1. The van der Waals surface area contributed by atoms with Crippen molar-refractivity contribution in [3.8, 4) is 0 Å². The molecule has 5 atom stereocenters. The SMILES string of the molecule is CC(=O)N1[C@H]2[C@@H](OC1(C)C)[C@H](CO)[C@@H]1O[C@@H]12. The maximum Gasteiger partial charge on any atom is 0.222 e. The zero-order chi connectivity index (χ0) is 11.7. The Hall–Kier alpha value is -0.650. The highest BCUT2D eigenvalue weighted by Gasteiger charge is 2.70. The van der Waals surface area contributed by atoms with E-state index >= 15 is 0 Å². The van der Waals surface area contributed by atoms with Crippen molar-refractivity contribution in [1.29, 1.82) is 0 Å². The number of aliphatic hydroxyl groups is 1. The third-order valence-corrected chi connectivity index (χ3v) is 3.93. The molecular weight excluding hydrogens is 210 g/mol. The van der Waals surface area contributed by atoms with Gasteiger partial charge < -0.3 is 19.5 Å². The van der Waals surface area contributed by atoms with E-state index < -0.39 is 5.72 Å². The van der Waals surface area contributed by atoms with Crippen LogP contribution in [0.3, 0.4) is 0 Å². The zero-order valence-electron chi connectivity index (χ0n) is 9.71. The fourth-order valence-electron chi connectivity index (χ4n) is 3.38. The maximum absolute atomic E-state index is 11.7. The molecule has 5 nitrogen and oxygen atoms in total. The number of nitrogens with zero attached hydrogens (tertiary/aromatic N) is 1. The molecule has 1 N–H and O–H groups in total. The van der Waals surface area contributed by atoms with E-state index in [2.05, 4.69) is 0 Å². The number of carbonyl (C=O) groups excluding carboxylic acids is 1. The van der Waals surface area contributed by atoms with Gasteiger partial charge >= 0.3 is 0 Å². The van der Waals surface area contributed by atoms with Gasteiger partial charge in [0.1, 0.15) is 11.8 Å². The summed E-state index contributed by atoms with van der Waals surface area (Å²) in [5.41, 5.74) is -0.592. The molecule has 0 spiro atoms. The highest BCUT2D eigenvalue weighted by Crippen LogP contribution is 2.52. The first-order chi connectivity index (χ1) is 7.47. The Morgan fingerprint density at radius 3 is 2.62 bits per heavy atom. The molecule has 16 heavy (non-hydrogen) atoms. The number of hydrogen-bond donors (Lipinski definition) is 1. The molecule has 2 saturated heterocycles. The Morgan fingerprint density at radius 1 is 1.38 bits per heavy atom. The Morgan fingerprint density at radius 2 is 2.06 bits per heavy atom. The molecule has 90 valence electrons. The summed E-state index contributed by atoms with van der Waals surface area (Å²) in [4.78, 5) is 13.5. The van der Waals surface area contributed by atoms with Crippen LogP contribution >= 0.6 is 0 Å². The molecule has 2 heterocycles. The van der Waals surface area contributed by atoms with Crippen LogP contribution in [-0.2, 0) is 14.3 Å². The number of hydrogen-bond acceptors (Lipinski definition) is 4. The van der Waals surface area contributed by atoms with Crippen LogP contribution in [0.25, 0.3) is 0 Å². The zero-order valence-corrected chi connectivity index (χ0v) is 9.71. The second kappa shape index (κ2) is 2.97. The van der Waals surface area contributed by atoms with Gasteiger partial charge in [0.05, 0.1) is 24.9 Å². The molecule has 0 radical (unpaired) electrons. The summed E-state index contributed by atoms with van der Waals surface area (Å²) in [5.74, 6) is 0.0176. The Balaban J connectivity index is 1.94. The van der Waals surface area contributed by atoms with Gasteiger partial charge in [0.2, 0.25) is 5.91 Å². The first-order valence-corrected chi connectivity index (χ1v) is 5.71. The van der Waals surface area contributed by atoms with Crippen molar-refractivity contribution < 1.29 is 19.4 Å². The first-order valence-electron chi connectivity index (χ1n) is 5.71. The van der Waals surface area contributed by atoms with E-state index in [4.69, 9.17) is 9.47 Å². The molecule has 1 amide bonds. The van der Waals surface area contributed by atoms with Gasteiger partial charge in [-0.25, -0.2) is 0 Å². The molecule has 1 aliphatic carbocycles. The van der Waals surface area contributed by atoms with Crippen molar-refractivity contribution in [1.82, 2.24) is 4.90 Å². The molecular formula is C11H17NO4. The van der Waals surface area contributed by atoms with Crippen LogP contribution in [0.5, 0.6) is 0 Å². The van der Waals surface area contributed by atoms with Gasteiger partial charge in [-0.05, 0) is 13.8 Å². The van der Waals surface area contributed by atoms with Crippen molar-refractivity contribution in [3.05, 3.63) is 0 Å². The second-order valence-electron chi connectivity index (χ2n) is 5.32. The summed E-state index contributed by atoms with van der Waals surface area (Å²) in [6.07, 6.45) is 0.0680. The van der Waals surface area contributed by atoms with E-state index in [-0.39, 0.29) is 42.8 Å². The number of ether oxygens (including phenoxy) is 2. The van der Waals surface area contributed by atoms with E-state index in [9.17, 15) is 9.90 Å². The predicted molar refractivity (Wildman–Crippen MR) is 54.5 cm³/mol. The van der Waals surface area contributed by atoms with Crippen LogP contribution in [0.2, 0.25) is 0 Å². The summed E-state index contributed by atoms with van der Waals surface area (Å²) in [7, 11) is 0. The third-order valence-electron chi connectivity index (χ3n) is 3.93. The van der Waals surface area contributed by atoms with E-state index in [1.807, 2.05) is 13.8 Å². The number of epoxide rings is 1. The quantitative estimate of drug-likeness (QED) is 0.626. The molecule has 5 heteroatoms. The van der Waals surface area contributed by atoms with Crippen molar-refractivity contribution in [2.45, 2.75) is 50.8 Å². The molecule has 2 aliphatic heterocycles. The maximum atomic E-state index is 11.7. The lowest BCUT2D eigenvalue weighted by molar-refractivity contribution is -0.146. The molecule has 0 aromatic heterocycles. The van der Waals surface area contributed by atoms with Gasteiger partial charge in [-0.1, -0.05) is 0 Å². The van der Waals surface area contributed by atoms with E-state index in [1.165, 1.54) is 0 Å². The van der Waals surface area contributed by atoms with Crippen LogP contribution in [0, 0.1) is 5.92 Å². The molecule has 0 unspecified atom stereocenters. The topological polar surface area (TPSA) is 62.3 Å². The van der Waals surface area contributed by atoms with Gasteiger partial charge in [0, 0.05) is 12.8 Å². The smallest absolute Gasteiger partial charge is 0.222 e. The molecule has 3 aliphatic rings. The fraction of sp³-hybridized carbons (Fsp3) is 0.909. The van der Waals surface area contributed by atoms with Crippen molar-refractivity contribution in [3.63, 3.8) is 0 Å². The molecule has 1 saturated carbocycles. The van der Waals surface area contributed by atoms with E-state index in [0.717, 1.165) is 0 Å². The lowest BCUT2D eigenvalue weighted by Gasteiger charge is -2.32. The van der Waals surface area contributed by atoms with Crippen molar-refractivity contribution >= 4 is 5.91 Å². The van der Waals surface area contributed by atoms with Gasteiger partial charge in [0.25, 0.3) is 0 Å². The minimum atomic E-state index is -0.592. The summed E-state index contributed by atoms with van der Waals surface area (Å²) in [6, 6.07) is -0.0188. The van der Waals surface area contributed by atoms with Gasteiger partial charge in [-0.15, -0.1) is 0 Å². The minimum Gasteiger partial charge on any atom is -0.396 e. The summed E-state index contributed by atoms with van der Waals surface area (Å²) < 4.78 is 11.4. The normalized spacial score (nSPS) is 47.8. The highest BCUT2D eigenvalue weighted by atomic mass is 16.6. The molecule has 3 rings (SSSR count). The Labute approximate surface area is 94.3 Å². The van der Waals surface area contributed by atoms with Crippen LogP contribution in [0.15, 0.2) is 0 Å². The van der Waals surface area contributed by atoms with E-state index in [0.29, 0.717) is 0 Å². The van der Waals surface area contributed by atoms with Crippen LogP contribution in [-0.4, -0.2) is 52.6 Å². The fourth-order valence-corrected chi connectivity index (χ4v) is 3.38. The predicted octanol–water partition coefficient (Wildman–Crippen LogP) is -0.272. The summed E-state index contributed by atoms with van der Waals surface area (Å²) in [5, 5.41) is 9.34. The second-order valence-corrected chi connectivity index (χ2v) is 5.32. The van der Waals surface area contributed by atoms with E-state index in [1.54, 1.807) is 11.8 Å². The van der Waals surface area contributed by atoms with Crippen molar-refractivity contribution in [2.75, 3.05) is 6.61 Å². The number of fused-ring (bicyclic) bond motifs is 3. The van der Waals surface area contributed by atoms with Crippen LogP contribution < -0.4 is 0 Å². The van der Waals surface area contributed by atoms with Gasteiger partial charge in [-0.2, -0.15) is 0 Å². The molecule has 0 aromatic carbocycles. The number of amides is 1. The molecule has 3 fully saturated rings. The molecule has 0 bridgehead atoms. The molecule has 0 aromatic rings. The Bertz CT molecular complexity index is 343. The van der Waals surface area contributed by atoms with Crippen LogP contribution in [0.4, 0.5) is 0 Å². The minimum absolute atomic E-state index is 0.00494. The summed E-state index contributed by atoms with van der Waals surface area (Å²) >= 11 is 0. The van der Waals surface area contributed by atoms with Crippen LogP contribution in [0.1, 0.15) is 20.8 Å². The standard InChI is InChI=1S/C11H17NO4/c1-5(14)12-7-8(16-11(12,2)3)6(4-13)9-10(7)15-9/h6-10,13H,4H2,1-3H3/t6-,7-,8-,9-,10+/m0/s1. The monoisotopic (exact) mass is 227 g/mol. The van der Waals surface area contributed by atoms with Gasteiger partial charge in [-0.3, -0.25) is 4.79 Å². The third kappa shape index (κ3) is 1.14. The average Bonchev–Trinajstić information content (AvgIpc) is 2.79. The first kappa shape index (κ1) is 10.5. The van der Waals surface area contributed by atoms with Gasteiger partial charge in [0.15, 0.2) is 0 Å². The lowest BCUT2D eigenvalue weighted by Crippen LogP contribution is -2.48. The Kier molecular flexibility index (Phi) is 1.95. The highest BCUT2D eigenvalue weighted by molar-refractivity contribution is 5.75. The summed E-state index contributed by atoms with van der Waals surface area (Å²) in [6.45, 7) is 5.39. The van der Waals surface area contributed by atoms with Crippen molar-refractivity contribution in [2.24, 2.45) is 5.92 Å². The number of aliphatic hydroxyl groups excluding tert-OH is 1. The number of rotatable bonds is 1. The largest absolute Gasteiger partial charge is 0.396 e. The average molecular weight is 227 g/mol. The lowest BCUT2D eigenvalue weighted by atomic mass is 10.0.